The second kappa shape index (κ2) is 7.92. The summed E-state index contributed by atoms with van der Waals surface area (Å²) < 4.78 is 0. The molecule has 146 valence electrons. The highest BCUT2D eigenvalue weighted by Crippen LogP contribution is 2.26. The van der Waals surface area contributed by atoms with Gasteiger partial charge in [-0.25, -0.2) is 0 Å². The lowest BCUT2D eigenvalue weighted by Crippen LogP contribution is -3.14. The van der Waals surface area contributed by atoms with E-state index in [0.717, 1.165) is 36.1 Å². The molecule has 3 heteroatoms. The number of nitrogens with one attached hydrogen (secondary N) is 1. The molecule has 1 saturated heterocycles. The molecule has 2 aliphatic rings. The minimum Gasteiger partial charge on any atom is -0.329 e. The first-order chi connectivity index (χ1) is 13.5. The van der Waals surface area contributed by atoms with Gasteiger partial charge in [0, 0.05) is 37.1 Å². The minimum atomic E-state index is 0.146. The van der Waals surface area contributed by atoms with Crippen molar-refractivity contribution < 1.29 is 9.69 Å². The van der Waals surface area contributed by atoms with Crippen molar-refractivity contribution in [3.8, 4) is 0 Å². The second-order valence-corrected chi connectivity index (χ2v) is 8.56. The van der Waals surface area contributed by atoms with Gasteiger partial charge < -0.3 is 9.80 Å². The van der Waals surface area contributed by atoms with E-state index in [1.165, 1.54) is 24.1 Å². The van der Waals surface area contributed by atoms with Gasteiger partial charge in [-0.2, -0.15) is 0 Å². The van der Waals surface area contributed by atoms with Crippen LogP contribution in [0, 0.1) is 13.8 Å². The molecule has 1 unspecified atom stereocenters. The number of quaternary nitrogens is 1. The van der Waals surface area contributed by atoms with E-state index in [1.807, 2.05) is 18.2 Å². The van der Waals surface area contributed by atoms with Gasteiger partial charge in [-0.15, -0.1) is 0 Å². The fraction of sp³-hybridized carbons (Fsp3) is 0.400. The Hall–Kier alpha value is -2.39. The van der Waals surface area contributed by atoms with E-state index < -0.39 is 0 Å². The molecule has 2 aromatic rings. The van der Waals surface area contributed by atoms with Crippen molar-refractivity contribution in [1.29, 1.82) is 0 Å². The zero-order valence-electron chi connectivity index (χ0n) is 17.2. The van der Waals surface area contributed by atoms with Gasteiger partial charge >= 0.3 is 0 Å². The third-order valence-electron chi connectivity index (χ3n) is 6.43. The molecule has 2 bridgehead atoms. The molecule has 0 aliphatic carbocycles. The number of hydrogen-bond acceptors (Lipinski definition) is 1. The number of nitrogens with zero attached hydrogens (tertiary/aromatic N) is 1. The summed E-state index contributed by atoms with van der Waals surface area (Å²) in [5.74, 6) is 0.146. The summed E-state index contributed by atoms with van der Waals surface area (Å²) in [5.41, 5.74) is 5.62. The standard InChI is InChI=1S/C25H30N2O/c1-18-13-19(2)15-21(14-18)25(28)27(12-11-20-7-5-4-6-8-20)24-16-22-9-10-23(17-24)26(22)3/h4-8,13-16,22-23H,9-12,17H2,1-3H3/p+1/t22-,23+/m0/s1. The van der Waals surface area contributed by atoms with Gasteiger partial charge in [0.05, 0.1) is 13.1 Å². The number of carbonyl (C=O) groups excluding carboxylic acids is 1. The number of benzene rings is 2. The molecular weight excluding hydrogens is 344 g/mol. The molecule has 0 radical (unpaired) electrons. The molecule has 28 heavy (non-hydrogen) atoms. The summed E-state index contributed by atoms with van der Waals surface area (Å²) in [6.45, 7) is 4.87. The number of fused-ring (bicyclic) bond motifs is 2. The highest BCUT2D eigenvalue weighted by atomic mass is 16.2. The number of aryl methyl sites for hydroxylation is 2. The van der Waals surface area contributed by atoms with Crippen LogP contribution in [0.4, 0.5) is 0 Å². The van der Waals surface area contributed by atoms with E-state index in [4.69, 9.17) is 0 Å². The normalized spacial score (nSPS) is 23.4. The molecule has 2 aromatic carbocycles. The van der Waals surface area contributed by atoms with E-state index in [2.05, 4.69) is 62.2 Å². The van der Waals surface area contributed by atoms with Crippen molar-refractivity contribution in [3.05, 3.63) is 82.6 Å². The lowest BCUT2D eigenvalue weighted by molar-refractivity contribution is -0.912. The van der Waals surface area contributed by atoms with E-state index in [9.17, 15) is 4.79 Å². The largest absolute Gasteiger partial charge is 0.329 e. The number of amides is 1. The molecular formula is C25H31N2O+. The maximum atomic E-state index is 13.6. The van der Waals surface area contributed by atoms with Crippen molar-refractivity contribution >= 4 is 5.91 Å². The molecule has 2 heterocycles. The van der Waals surface area contributed by atoms with Gasteiger partial charge in [0.15, 0.2) is 0 Å². The fourth-order valence-electron chi connectivity index (χ4n) is 4.88. The monoisotopic (exact) mass is 375 g/mol. The molecule has 1 amide bonds. The van der Waals surface area contributed by atoms with Crippen molar-refractivity contribution in [2.75, 3.05) is 13.6 Å². The first-order valence-corrected chi connectivity index (χ1v) is 10.5. The lowest BCUT2D eigenvalue weighted by atomic mass is 10.0. The van der Waals surface area contributed by atoms with Crippen LogP contribution in [-0.4, -0.2) is 36.5 Å². The van der Waals surface area contributed by atoms with E-state index in [0.29, 0.717) is 12.1 Å². The van der Waals surface area contributed by atoms with Crippen molar-refractivity contribution in [2.24, 2.45) is 0 Å². The van der Waals surface area contributed by atoms with Gasteiger partial charge in [-0.3, -0.25) is 4.79 Å². The van der Waals surface area contributed by atoms with Crippen LogP contribution in [0.3, 0.4) is 0 Å². The van der Waals surface area contributed by atoms with Crippen molar-refractivity contribution in [3.63, 3.8) is 0 Å². The summed E-state index contributed by atoms with van der Waals surface area (Å²) in [4.78, 5) is 17.2. The predicted molar refractivity (Wildman–Crippen MR) is 113 cm³/mol. The zero-order chi connectivity index (χ0) is 19.7. The van der Waals surface area contributed by atoms with Gasteiger partial charge in [-0.1, -0.05) is 47.5 Å². The van der Waals surface area contributed by atoms with Gasteiger partial charge in [0.25, 0.3) is 5.91 Å². The lowest BCUT2D eigenvalue weighted by Gasteiger charge is -2.33. The van der Waals surface area contributed by atoms with Crippen LogP contribution in [0.15, 0.2) is 60.3 Å². The second-order valence-electron chi connectivity index (χ2n) is 8.56. The number of rotatable bonds is 5. The molecule has 2 aliphatic heterocycles. The maximum absolute atomic E-state index is 13.6. The highest BCUT2D eigenvalue weighted by Gasteiger charge is 2.40. The first kappa shape index (κ1) is 18.9. The van der Waals surface area contributed by atoms with Crippen LogP contribution in [0.1, 0.15) is 46.3 Å². The summed E-state index contributed by atoms with van der Waals surface area (Å²) in [5, 5.41) is 0. The third kappa shape index (κ3) is 3.90. The Morgan fingerprint density at radius 2 is 1.79 bits per heavy atom. The van der Waals surface area contributed by atoms with Crippen molar-refractivity contribution in [1.82, 2.24) is 4.90 Å². The van der Waals surface area contributed by atoms with Crippen LogP contribution in [0.25, 0.3) is 0 Å². The molecule has 4 rings (SSSR count). The Morgan fingerprint density at radius 3 is 2.46 bits per heavy atom. The van der Waals surface area contributed by atoms with E-state index in [-0.39, 0.29) is 5.91 Å². The molecule has 1 N–H and O–H groups in total. The highest BCUT2D eigenvalue weighted by molar-refractivity contribution is 5.95. The summed E-state index contributed by atoms with van der Waals surface area (Å²) >= 11 is 0. The minimum absolute atomic E-state index is 0.146. The SMILES string of the molecule is Cc1cc(C)cc(C(=O)N(CCc2ccccc2)C2=C[C@@H]3CC[C@H](C2)[NH+]3C)c1. The smallest absolute Gasteiger partial charge is 0.258 e. The Bertz CT molecular complexity index is 866. The van der Waals surface area contributed by atoms with Gasteiger partial charge in [0.1, 0.15) is 6.04 Å². The molecule has 3 atom stereocenters. The van der Waals surface area contributed by atoms with Crippen LogP contribution < -0.4 is 4.90 Å². The molecule has 0 aromatic heterocycles. The summed E-state index contributed by atoms with van der Waals surface area (Å²) in [6.07, 6.45) is 6.77. The van der Waals surface area contributed by atoms with Crippen LogP contribution in [0.5, 0.6) is 0 Å². The van der Waals surface area contributed by atoms with Crippen LogP contribution >= 0.6 is 0 Å². The van der Waals surface area contributed by atoms with Crippen LogP contribution in [0.2, 0.25) is 0 Å². The number of carbonyl (C=O) groups is 1. The quantitative estimate of drug-likeness (QED) is 0.852. The first-order valence-electron chi connectivity index (χ1n) is 10.5. The Balaban J connectivity index is 1.63. The average Bonchev–Trinajstić information content (AvgIpc) is 2.89. The van der Waals surface area contributed by atoms with Crippen LogP contribution in [-0.2, 0) is 6.42 Å². The Labute approximate surface area is 168 Å². The third-order valence-corrected chi connectivity index (χ3v) is 6.43. The van der Waals surface area contributed by atoms with Gasteiger partial charge in [0.2, 0.25) is 0 Å². The zero-order valence-corrected chi connectivity index (χ0v) is 17.2. The molecule has 3 nitrogen and oxygen atoms in total. The Kier molecular flexibility index (Phi) is 5.36. The molecule has 0 saturated carbocycles. The topological polar surface area (TPSA) is 24.8 Å². The summed E-state index contributed by atoms with van der Waals surface area (Å²) in [7, 11) is 2.30. The van der Waals surface area contributed by atoms with E-state index >= 15 is 0 Å². The van der Waals surface area contributed by atoms with Gasteiger partial charge in [-0.05, 0) is 44.0 Å². The molecule has 1 fully saturated rings. The maximum Gasteiger partial charge on any atom is 0.258 e. The Morgan fingerprint density at radius 1 is 1.07 bits per heavy atom. The summed E-state index contributed by atoms with van der Waals surface area (Å²) in [6, 6.07) is 17.9. The van der Waals surface area contributed by atoms with E-state index in [1.54, 1.807) is 4.90 Å². The number of likely N-dealkylation sites (N-methyl/N-ethyl adjacent to an activating group) is 1. The average molecular weight is 376 g/mol. The fourth-order valence-corrected chi connectivity index (χ4v) is 4.88. The predicted octanol–water partition coefficient (Wildman–Crippen LogP) is 3.32. The number of hydrogen-bond donors (Lipinski definition) is 1. The molecule has 0 spiro atoms. The van der Waals surface area contributed by atoms with Crippen molar-refractivity contribution in [2.45, 2.75) is 51.6 Å².